The first-order valence-corrected chi connectivity index (χ1v) is 10.5. The Morgan fingerprint density at radius 3 is 2.21 bits per heavy atom. The number of pyridine rings is 2. The molecule has 4 aromatic heterocycles. The molecule has 0 fully saturated rings. The fraction of sp³-hybridized carbons (Fsp3) is 0.115. The van der Waals surface area contributed by atoms with Gasteiger partial charge in [-0.2, -0.15) is 10.4 Å². The Balaban J connectivity index is 1.55. The van der Waals surface area contributed by atoms with Crippen molar-refractivity contribution in [3.63, 3.8) is 0 Å². The number of rotatable bonds is 5. The van der Waals surface area contributed by atoms with Crippen molar-refractivity contribution in [2.45, 2.75) is 6.92 Å². The summed E-state index contributed by atoms with van der Waals surface area (Å²) in [5.41, 5.74) is 7.03. The Labute approximate surface area is 196 Å². The van der Waals surface area contributed by atoms with Crippen LogP contribution in [0.5, 0.6) is 11.5 Å². The molecule has 166 valence electrons. The van der Waals surface area contributed by atoms with Gasteiger partial charge in [0.1, 0.15) is 11.8 Å². The number of hydrogen-bond donors (Lipinski definition) is 0. The summed E-state index contributed by atoms with van der Waals surface area (Å²) >= 11 is 0. The molecule has 0 bridgehead atoms. The molecule has 8 heteroatoms. The lowest BCUT2D eigenvalue weighted by atomic mass is 10.1. The Morgan fingerprint density at radius 2 is 1.53 bits per heavy atom. The molecule has 0 N–H and O–H groups in total. The van der Waals surface area contributed by atoms with E-state index in [2.05, 4.69) is 15.0 Å². The highest BCUT2D eigenvalue weighted by atomic mass is 16.5. The predicted molar refractivity (Wildman–Crippen MR) is 127 cm³/mol. The van der Waals surface area contributed by atoms with Gasteiger partial charge in [0.05, 0.1) is 37.0 Å². The predicted octanol–water partition coefficient (Wildman–Crippen LogP) is 4.72. The van der Waals surface area contributed by atoms with Crippen LogP contribution < -0.4 is 9.47 Å². The molecule has 0 spiro atoms. The molecular weight excluding hydrogens is 428 g/mol. The van der Waals surface area contributed by atoms with Crippen LogP contribution in [0.2, 0.25) is 0 Å². The normalized spacial score (nSPS) is 10.8. The van der Waals surface area contributed by atoms with Gasteiger partial charge in [-0.15, -0.1) is 0 Å². The molecule has 0 amide bonds. The van der Waals surface area contributed by atoms with Gasteiger partial charge in [-0.25, -0.2) is 14.5 Å². The van der Waals surface area contributed by atoms with Crippen LogP contribution in [0.4, 0.5) is 0 Å². The summed E-state index contributed by atoms with van der Waals surface area (Å²) in [4.78, 5) is 13.4. The molecule has 4 heterocycles. The number of benzene rings is 1. The van der Waals surface area contributed by atoms with Gasteiger partial charge in [0.15, 0.2) is 17.1 Å². The van der Waals surface area contributed by atoms with Gasteiger partial charge in [-0.1, -0.05) is 0 Å². The van der Waals surface area contributed by atoms with Gasteiger partial charge in [-0.05, 0) is 61.5 Å². The molecule has 0 unspecified atom stereocenters. The van der Waals surface area contributed by atoms with Gasteiger partial charge in [0.25, 0.3) is 0 Å². The highest BCUT2D eigenvalue weighted by Gasteiger charge is 2.15. The Morgan fingerprint density at radius 1 is 0.794 bits per heavy atom. The summed E-state index contributed by atoms with van der Waals surface area (Å²) in [7, 11) is 3.22. The molecular formula is C26H20N6O2. The maximum atomic E-state index is 8.94. The van der Waals surface area contributed by atoms with Crippen molar-refractivity contribution < 1.29 is 9.47 Å². The third-order valence-electron chi connectivity index (χ3n) is 5.54. The number of aromatic nitrogens is 5. The lowest BCUT2D eigenvalue weighted by Gasteiger charge is -2.10. The van der Waals surface area contributed by atoms with Crippen LogP contribution in [0, 0.1) is 18.3 Å². The van der Waals surface area contributed by atoms with E-state index in [1.807, 2.05) is 66.0 Å². The molecule has 0 saturated carbocycles. The average Bonchev–Trinajstić information content (AvgIpc) is 3.23. The Hall–Kier alpha value is -4.77. The number of methoxy groups -OCH3 is 2. The smallest absolute Gasteiger partial charge is 0.161 e. The quantitative estimate of drug-likeness (QED) is 0.384. The number of nitrogens with zero attached hydrogens (tertiary/aromatic N) is 6. The van der Waals surface area contributed by atoms with Crippen molar-refractivity contribution in [2.75, 3.05) is 14.2 Å². The molecule has 0 saturated heterocycles. The standard InChI is InChI=1S/C26H20N6O2/c1-16-26(19-5-8-21(29-15-19)18-4-7-20(13-27)28-14-18)32-25(30-16)11-9-22(31-32)17-6-10-23(33-2)24(12-17)34-3/h4-12,14-15H,1-3H3. The second-order valence-electron chi connectivity index (χ2n) is 7.58. The first-order chi connectivity index (χ1) is 16.6. The van der Waals surface area contributed by atoms with Crippen molar-refractivity contribution >= 4 is 5.65 Å². The minimum atomic E-state index is 0.373. The van der Waals surface area contributed by atoms with E-state index in [9.17, 15) is 0 Å². The zero-order valence-electron chi connectivity index (χ0n) is 18.9. The van der Waals surface area contributed by atoms with E-state index in [1.165, 1.54) is 0 Å². The van der Waals surface area contributed by atoms with Crippen LogP contribution in [0.15, 0.2) is 67.0 Å². The third-order valence-corrected chi connectivity index (χ3v) is 5.54. The first-order valence-electron chi connectivity index (χ1n) is 10.5. The zero-order chi connectivity index (χ0) is 23.7. The minimum Gasteiger partial charge on any atom is -0.493 e. The van der Waals surface area contributed by atoms with Gasteiger partial charge in [-0.3, -0.25) is 4.98 Å². The van der Waals surface area contributed by atoms with Crippen molar-refractivity contribution in [2.24, 2.45) is 0 Å². The summed E-state index contributed by atoms with van der Waals surface area (Å²) in [5, 5.41) is 13.8. The fourth-order valence-electron chi connectivity index (χ4n) is 3.84. The van der Waals surface area contributed by atoms with E-state index in [-0.39, 0.29) is 0 Å². The Kier molecular flexibility index (Phi) is 5.36. The third kappa shape index (κ3) is 3.69. The van der Waals surface area contributed by atoms with Crippen molar-refractivity contribution in [1.29, 1.82) is 5.26 Å². The molecule has 0 aliphatic heterocycles. The molecule has 5 aromatic rings. The number of hydrogen-bond acceptors (Lipinski definition) is 7. The second kappa shape index (κ2) is 8.64. The van der Waals surface area contributed by atoms with E-state index in [0.717, 1.165) is 45.1 Å². The summed E-state index contributed by atoms with van der Waals surface area (Å²) in [6.45, 7) is 1.96. The monoisotopic (exact) mass is 448 g/mol. The largest absolute Gasteiger partial charge is 0.493 e. The van der Waals surface area contributed by atoms with Gasteiger partial charge < -0.3 is 9.47 Å². The van der Waals surface area contributed by atoms with E-state index < -0.39 is 0 Å². The SMILES string of the molecule is COc1ccc(-c2ccc3nc(C)c(-c4ccc(-c5ccc(C#N)nc5)nc4)n3n2)cc1OC. The van der Waals surface area contributed by atoms with E-state index in [4.69, 9.17) is 19.8 Å². The van der Waals surface area contributed by atoms with Gasteiger partial charge in [0, 0.05) is 29.1 Å². The van der Waals surface area contributed by atoms with Crippen LogP contribution in [0.3, 0.4) is 0 Å². The summed E-state index contributed by atoms with van der Waals surface area (Å²) in [5.74, 6) is 1.30. The molecule has 1 aromatic carbocycles. The number of ether oxygens (including phenoxy) is 2. The average molecular weight is 448 g/mol. The highest BCUT2D eigenvalue weighted by Crippen LogP contribution is 2.32. The molecule has 34 heavy (non-hydrogen) atoms. The molecule has 0 aliphatic carbocycles. The maximum absolute atomic E-state index is 8.94. The van der Waals surface area contributed by atoms with Crippen molar-refractivity contribution in [3.05, 3.63) is 78.4 Å². The summed E-state index contributed by atoms with van der Waals surface area (Å²) < 4.78 is 12.6. The topological polar surface area (TPSA) is 98.2 Å². The fourth-order valence-corrected chi connectivity index (χ4v) is 3.84. The highest BCUT2D eigenvalue weighted by molar-refractivity contribution is 5.70. The van der Waals surface area contributed by atoms with E-state index >= 15 is 0 Å². The van der Waals surface area contributed by atoms with Gasteiger partial charge in [0.2, 0.25) is 0 Å². The Bertz CT molecular complexity index is 1530. The molecule has 0 aliphatic rings. The number of aryl methyl sites for hydroxylation is 1. The molecule has 0 atom stereocenters. The maximum Gasteiger partial charge on any atom is 0.161 e. The second-order valence-corrected chi connectivity index (χ2v) is 7.58. The lowest BCUT2D eigenvalue weighted by Crippen LogP contribution is -1.98. The van der Waals surface area contributed by atoms with E-state index in [0.29, 0.717) is 17.2 Å². The molecule has 5 rings (SSSR count). The first kappa shape index (κ1) is 21.1. The van der Waals surface area contributed by atoms with Crippen molar-refractivity contribution in [1.82, 2.24) is 24.6 Å². The summed E-state index contributed by atoms with van der Waals surface area (Å²) in [6.07, 6.45) is 3.45. The van der Waals surface area contributed by atoms with Gasteiger partial charge >= 0.3 is 0 Å². The van der Waals surface area contributed by atoms with Crippen LogP contribution in [0.25, 0.3) is 39.4 Å². The van der Waals surface area contributed by atoms with Crippen LogP contribution in [-0.4, -0.2) is 38.8 Å². The zero-order valence-corrected chi connectivity index (χ0v) is 18.9. The van der Waals surface area contributed by atoms with E-state index in [1.54, 1.807) is 32.7 Å². The minimum absolute atomic E-state index is 0.373. The van der Waals surface area contributed by atoms with Crippen LogP contribution >= 0.6 is 0 Å². The summed E-state index contributed by atoms with van der Waals surface area (Å²) in [6, 6.07) is 19.0. The number of nitriles is 1. The number of imidazole rings is 1. The molecule has 0 radical (unpaired) electrons. The van der Waals surface area contributed by atoms with Crippen molar-refractivity contribution in [3.8, 4) is 51.3 Å². The molecule has 8 nitrogen and oxygen atoms in total. The lowest BCUT2D eigenvalue weighted by molar-refractivity contribution is 0.355. The number of fused-ring (bicyclic) bond motifs is 1. The van der Waals surface area contributed by atoms with Crippen LogP contribution in [-0.2, 0) is 0 Å². The van der Waals surface area contributed by atoms with Crippen LogP contribution in [0.1, 0.15) is 11.4 Å².